The molecule has 0 atom stereocenters. The highest BCUT2D eigenvalue weighted by Crippen LogP contribution is 2.15. The summed E-state index contributed by atoms with van der Waals surface area (Å²) in [7, 11) is -3.41. The number of benzene rings is 1. The molecule has 0 saturated carbocycles. The summed E-state index contributed by atoms with van der Waals surface area (Å²) in [6.45, 7) is 5.23. The van der Waals surface area contributed by atoms with Crippen LogP contribution in [-0.4, -0.2) is 45.5 Å². The second-order valence-corrected chi connectivity index (χ2v) is 7.06. The van der Waals surface area contributed by atoms with E-state index in [1.54, 1.807) is 18.2 Å². The van der Waals surface area contributed by atoms with Crippen LogP contribution in [-0.2, 0) is 10.0 Å². The fourth-order valence-electron chi connectivity index (χ4n) is 2.53. The molecule has 3 N–H and O–H groups in total. The zero-order valence-electron chi connectivity index (χ0n) is 11.9. The standard InChI is InChI=1S/C14H23N3O2S/c1-12-3-2-4-14(11-12)20(18,19)16-13-5-8-17(9-6-13)10-7-15/h2-4,11,13,16H,5-10,15H2,1H3. The quantitative estimate of drug-likeness (QED) is 0.839. The van der Waals surface area contributed by atoms with E-state index in [0.717, 1.165) is 38.0 Å². The molecule has 0 spiro atoms. The molecule has 0 bridgehead atoms. The predicted octanol–water partition coefficient (Wildman–Crippen LogP) is 0.696. The zero-order valence-corrected chi connectivity index (χ0v) is 12.7. The van der Waals surface area contributed by atoms with Gasteiger partial charge in [0, 0.05) is 19.1 Å². The zero-order chi connectivity index (χ0) is 14.6. The van der Waals surface area contributed by atoms with E-state index < -0.39 is 10.0 Å². The van der Waals surface area contributed by atoms with Crippen LogP contribution in [0.25, 0.3) is 0 Å². The number of likely N-dealkylation sites (tertiary alicyclic amines) is 1. The fourth-order valence-corrected chi connectivity index (χ4v) is 3.94. The monoisotopic (exact) mass is 297 g/mol. The summed E-state index contributed by atoms with van der Waals surface area (Å²) < 4.78 is 27.4. The molecule has 1 fully saturated rings. The van der Waals surface area contributed by atoms with Crippen LogP contribution in [0, 0.1) is 6.92 Å². The van der Waals surface area contributed by atoms with Gasteiger partial charge in [0.2, 0.25) is 10.0 Å². The maximum atomic E-state index is 12.3. The molecule has 6 heteroatoms. The van der Waals surface area contributed by atoms with Crippen LogP contribution in [0.4, 0.5) is 0 Å². The highest BCUT2D eigenvalue weighted by molar-refractivity contribution is 7.89. The third-order valence-electron chi connectivity index (χ3n) is 3.65. The van der Waals surface area contributed by atoms with E-state index in [-0.39, 0.29) is 6.04 Å². The third kappa shape index (κ3) is 4.02. The van der Waals surface area contributed by atoms with Gasteiger partial charge in [0.1, 0.15) is 0 Å². The lowest BCUT2D eigenvalue weighted by Gasteiger charge is -2.31. The molecular weight excluding hydrogens is 274 g/mol. The Hall–Kier alpha value is -0.950. The van der Waals surface area contributed by atoms with Crippen LogP contribution in [0.2, 0.25) is 0 Å². The fraction of sp³-hybridized carbons (Fsp3) is 0.571. The van der Waals surface area contributed by atoms with Gasteiger partial charge in [0.15, 0.2) is 0 Å². The van der Waals surface area contributed by atoms with Crippen molar-refractivity contribution in [2.75, 3.05) is 26.2 Å². The van der Waals surface area contributed by atoms with Gasteiger partial charge in [0.05, 0.1) is 4.90 Å². The molecule has 0 aliphatic carbocycles. The predicted molar refractivity (Wildman–Crippen MR) is 80.0 cm³/mol. The van der Waals surface area contributed by atoms with Crippen molar-refractivity contribution in [3.05, 3.63) is 29.8 Å². The van der Waals surface area contributed by atoms with Crippen LogP contribution < -0.4 is 10.5 Å². The summed E-state index contributed by atoms with van der Waals surface area (Å²) in [6, 6.07) is 7.03. The Morgan fingerprint density at radius 3 is 2.65 bits per heavy atom. The molecule has 1 aliphatic heterocycles. The molecular formula is C14H23N3O2S. The Bertz CT molecular complexity index is 537. The minimum atomic E-state index is -3.41. The molecule has 1 aromatic carbocycles. The van der Waals surface area contributed by atoms with Gasteiger partial charge in [-0.2, -0.15) is 0 Å². The molecule has 5 nitrogen and oxygen atoms in total. The van der Waals surface area contributed by atoms with Crippen molar-refractivity contribution >= 4 is 10.0 Å². The van der Waals surface area contributed by atoms with E-state index in [2.05, 4.69) is 9.62 Å². The molecule has 1 aliphatic rings. The minimum absolute atomic E-state index is 0.0227. The molecule has 0 radical (unpaired) electrons. The first-order valence-corrected chi connectivity index (χ1v) is 8.51. The first kappa shape index (κ1) is 15.4. The van der Waals surface area contributed by atoms with Gasteiger partial charge in [-0.3, -0.25) is 0 Å². The average Bonchev–Trinajstić information content (AvgIpc) is 2.41. The summed E-state index contributed by atoms with van der Waals surface area (Å²) >= 11 is 0. The summed E-state index contributed by atoms with van der Waals surface area (Å²) in [5.41, 5.74) is 6.48. The molecule has 0 aromatic heterocycles. The van der Waals surface area contributed by atoms with Crippen molar-refractivity contribution in [2.24, 2.45) is 5.73 Å². The highest BCUT2D eigenvalue weighted by Gasteiger charge is 2.24. The van der Waals surface area contributed by atoms with Crippen molar-refractivity contribution in [3.8, 4) is 0 Å². The summed E-state index contributed by atoms with van der Waals surface area (Å²) in [5.74, 6) is 0. The second-order valence-electron chi connectivity index (χ2n) is 5.34. The Morgan fingerprint density at radius 2 is 2.05 bits per heavy atom. The topological polar surface area (TPSA) is 75.4 Å². The molecule has 1 heterocycles. The first-order chi connectivity index (χ1) is 9.51. The SMILES string of the molecule is Cc1cccc(S(=O)(=O)NC2CCN(CCN)CC2)c1. The first-order valence-electron chi connectivity index (χ1n) is 7.03. The van der Waals surface area contributed by atoms with Gasteiger partial charge >= 0.3 is 0 Å². The Labute approximate surface area is 121 Å². The summed E-state index contributed by atoms with van der Waals surface area (Å²) in [4.78, 5) is 2.62. The number of rotatable bonds is 5. The highest BCUT2D eigenvalue weighted by atomic mass is 32.2. The summed E-state index contributed by atoms with van der Waals surface area (Å²) in [5, 5.41) is 0. The number of hydrogen-bond donors (Lipinski definition) is 2. The van der Waals surface area contributed by atoms with Crippen molar-refractivity contribution in [1.29, 1.82) is 0 Å². The van der Waals surface area contributed by atoms with E-state index in [9.17, 15) is 8.42 Å². The number of nitrogens with zero attached hydrogens (tertiary/aromatic N) is 1. The lowest BCUT2D eigenvalue weighted by molar-refractivity contribution is 0.212. The lowest BCUT2D eigenvalue weighted by atomic mass is 10.1. The third-order valence-corrected chi connectivity index (χ3v) is 5.17. The number of nitrogens with two attached hydrogens (primary N) is 1. The van der Waals surface area contributed by atoms with Gasteiger partial charge in [-0.05, 0) is 50.6 Å². The number of piperidine rings is 1. The number of hydrogen-bond acceptors (Lipinski definition) is 4. The molecule has 1 aromatic rings. The van der Waals surface area contributed by atoms with E-state index in [0.29, 0.717) is 11.4 Å². The van der Waals surface area contributed by atoms with Gasteiger partial charge in [-0.1, -0.05) is 12.1 Å². The molecule has 20 heavy (non-hydrogen) atoms. The maximum Gasteiger partial charge on any atom is 0.240 e. The Balaban J connectivity index is 1.96. The van der Waals surface area contributed by atoms with E-state index in [4.69, 9.17) is 5.73 Å². The van der Waals surface area contributed by atoms with Crippen LogP contribution >= 0.6 is 0 Å². The van der Waals surface area contributed by atoms with Crippen LogP contribution in [0.3, 0.4) is 0 Å². The Kier molecular flexibility index (Phi) is 5.15. The number of aryl methyl sites for hydroxylation is 1. The van der Waals surface area contributed by atoms with Crippen LogP contribution in [0.5, 0.6) is 0 Å². The van der Waals surface area contributed by atoms with Crippen molar-refractivity contribution < 1.29 is 8.42 Å². The number of nitrogens with one attached hydrogen (secondary N) is 1. The maximum absolute atomic E-state index is 12.3. The van der Waals surface area contributed by atoms with Gasteiger partial charge in [-0.25, -0.2) is 13.1 Å². The minimum Gasteiger partial charge on any atom is -0.329 e. The van der Waals surface area contributed by atoms with Gasteiger partial charge in [-0.15, -0.1) is 0 Å². The molecule has 112 valence electrons. The van der Waals surface area contributed by atoms with E-state index in [1.807, 2.05) is 13.0 Å². The number of sulfonamides is 1. The molecule has 1 saturated heterocycles. The summed E-state index contributed by atoms with van der Waals surface area (Å²) in [6.07, 6.45) is 1.68. The van der Waals surface area contributed by atoms with Crippen molar-refractivity contribution in [3.63, 3.8) is 0 Å². The average molecular weight is 297 g/mol. The van der Waals surface area contributed by atoms with Crippen LogP contribution in [0.15, 0.2) is 29.2 Å². The molecule has 0 unspecified atom stereocenters. The van der Waals surface area contributed by atoms with Gasteiger partial charge < -0.3 is 10.6 Å². The van der Waals surface area contributed by atoms with Crippen LogP contribution in [0.1, 0.15) is 18.4 Å². The lowest BCUT2D eigenvalue weighted by Crippen LogP contribution is -2.45. The smallest absolute Gasteiger partial charge is 0.240 e. The second kappa shape index (κ2) is 6.67. The van der Waals surface area contributed by atoms with Gasteiger partial charge in [0.25, 0.3) is 0 Å². The van der Waals surface area contributed by atoms with E-state index in [1.165, 1.54) is 0 Å². The molecule has 2 rings (SSSR count). The van der Waals surface area contributed by atoms with Crippen molar-refractivity contribution in [1.82, 2.24) is 9.62 Å². The largest absolute Gasteiger partial charge is 0.329 e. The van der Waals surface area contributed by atoms with Crippen molar-refractivity contribution in [2.45, 2.75) is 30.7 Å². The van der Waals surface area contributed by atoms with E-state index >= 15 is 0 Å². The normalized spacial score (nSPS) is 18.3. The molecule has 0 amide bonds. The Morgan fingerprint density at radius 1 is 1.35 bits per heavy atom.